The van der Waals surface area contributed by atoms with Crippen LogP contribution in [0.2, 0.25) is 0 Å². The monoisotopic (exact) mass is 912 g/mol. The van der Waals surface area contributed by atoms with E-state index in [4.69, 9.17) is 33.2 Å². The van der Waals surface area contributed by atoms with Crippen LogP contribution in [0.5, 0.6) is 11.5 Å². The summed E-state index contributed by atoms with van der Waals surface area (Å²) in [5.41, 5.74) is 0.141. The average molecular weight is 913 g/mol. The molecule has 5 N–H and O–H groups in total. The van der Waals surface area contributed by atoms with E-state index in [9.17, 15) is 24.7 Å². The highest BCUT2D eigenvalue weighted by atomic mass is 32.2. The molecule has 1 fully saturated rings. The Kier molecular flexibility index (Phi) is 14.5. The van der Waals surface area contributed by atoms with E-state index in [1.807, 2.05) is 109 Å². The van der Waals surface area contributed by atoms with Crippen LogP contribution in [0.25, 0.3) is 11.2 Å². The maximum atomic E-state index is 14.2. The van der Waals surface area contributed by atoms with Crippen molar-refractivity contribution in [2.45, 2.75) is 56.9 Å². The zero-order valence-corrected chi connectivity index (χ0v) is 37.9. The minimum atomic E-state index is -4.10. The minimum Gasteiger partial charge on any atom is -0.497 e. The molecule has 2 unspecified atom stereocenters. The van der Waals surface area contributed by atoms with E-state index in [2.05, 4.69) is 15.4 Å². The van der Waals surface area contributed by atoms with Crippen molar-refractivity contribution in [3.8, 4) is 11.5 Å². The van der Waals surface area contributed by atoms with Crippen LogP contribution in [0, 0.1) is 5.41 Å². The van der Waals surface area contributed by atoms with Crippen molar-refractivity contribution in [1.82, 2.24) is 24.6 Å². The quantitative estimate of drug-likeness (QED) is 0.0316. The molecule has 3 heterocycles. The number of methoxy groups -OCH3 is 2. The fourth-order valence-electron chi connectivity index (χ4n) is 7.39. The predicted octanol–water partition coefficient (Wildman–Crippen LogP) is 6.47. The Hall–Kier alpha value is -5.20. The molecule has 0 saturated carbocycles. The van der Waals surface area contributed by atoms with Crippen LogP contribution in [0.15, 0.2) is 122 Å². The summed E-state index contributed by atoms with van der Waals surface area (Å²) in [4.78, 5) is 26.6. The average Bonchev–Trinajstić information content (AvgIpc) is 3.85. The van der Waals surface area contributed by atoms with Crippen LogP contribution in [0.3, 0.4) is 0 Å². The Bertz CT molecular complexity index is 2480. The van der Waals surface area contributed by atoms with Gasteiger partial charge in [0.2, 0.25) is 0 Å². The lowest BCUT2D eigenvalue weighted by molar-refractivity contribution is -0.119. The van der Waals surface area contributed by atoms with E-state index in [1.54, 1.807) is 28.1 Å². The highest BCUT2D eigenvalue weighted by Crippen LogP contribution is 2.48. The maximum absolute atomic E-state index is 14.2. The van der Waals surface area contributed by atoms with Crippen LogP contribution in [0.1, 0.15) is 49.3 Å². The highest BCUT2D eigenvalue weighted by molar-refractivity contribution is 8.13. The van der Waals surface area contributed by atoms with Crippen molar-refractivity contribution >= 4 is 41.6 Å². The van der Waals surface area contributed by atoms with Crippen LogP contribution in [0.4, 0.5) is 5.82 Å². The van der Waals surface area contributed by atoms with Gasteiger partial charge in [-0.2, -0.15) is 0 Å². The number of hydrogen-bond donors (Lipinski definition) is 5. The van der Waals surface area contributed by atoms with Gasteiger partial charge in [-0.05, 0) is 67.3 Å². The molecule has 0 aliphatic carbocycles. The third-order valence-electron chi connectivity index (χ3n) is 11.2. The van der Waals surface area contributed by atoms with Gasteiger partial charge in [0, 0.05) is 12.3 Å². The number of aliphatic hydroxyl groups is 3. The summed E-state index contributed by atoms with van der Waals surface area (Å²) in [7, 11) is -0.877. The molecule has 2 aromatic heterocycles. The summed E-state index contributed by atoms with van der Waals surface area (Å²) in [6.07, 6.45) is -1.12. The van der Waals surface area contributed by atoms with Crippen molar-refractivity contribution in [2.75, 3.05) is 45.1 Å². The molecule has 1 aliphatic rings. The number of aliphatic hydroxyl groups excluding tert-OH is 2. The molecule has 1 aliphatic heterocycles. The van der Waals surface area contributed by atoms with E-state index < -0.39 is 49.3 Å². The minimum absolute atomic E-state index is 0.121. The second-order valence-corrected chi connectivity index (χ2v) is 19.0. The molecule has 6 aromatic rings. The summed E-state index contributed by atoms with van der Waals surface area (Å²) in [5, 5.41) is 39.3. The molecule has 1 saturated heterocycles. The first kappa shape index (κ1) is 46.8. The third kappa shape index (κ3) is 9.88. The number of benzene rings is 4. The molecule has 16 nitrogen and oxygen atoms in total. The number of rotatable bonds is 20. The molecule has 0 spiro atoms. The maximum Gasteiger partial charge on any atom is 0.405 e. The van der Waals surface area contributed by atoms with Crippen LogP contribution in [-0.2, 0) is 35.2 Å². The van der Waals surface area contributed by atoms with E-state index >= 15 is 0 Å². The first-order valence-corrected chi connectivity index (χ1v) is 23.1. The molecule has 4 aromatic carbocycles. The van der Waals surface area contributed by atoms with Gasteiger partial charge >= 0.3 is 7.75 Å². The number of carbonyl (C=O) groups excluding carboxylic acids is 1. The number of anilines is 1. The second-order valence-electron chi connectivity index (χ2n) is 16.1. The van der Waals surface area contributed by atoms with E-state index in [-0.39, 0.29) is 36.3 Å². The smallest absolute Gasteiger partial charge is 0.405 e. The summed E-state index contributed by atoms with van der Waals surface area (Å²) in [6.45, 7) is 3.91. The summed E-state index contributed by atoms with van der Waals surface area (Å²) < 4.78 is 44.7. The predicted molar refractivity (Wildman–Crippen MR) is 243 cm³/mol. The molecular weight excluding hydrogens is 860 g/mol. The zero-order valence-electron chi connectivity index (χ0n) is 36.2. The van der Waals surface area contributed by atoms with Gasteiger partial charge in [0.25, 0.3) is 0 Å². The van der Waals surface area contributed by atoms with Gasteiger partial charge in [0.1, 0.15) is 41.2 Å². The first-order valence-electron chi connectivity index (χ1n) is 20.6. The van der Waals surface area contributed by atoms with E-state index in [0.717, 1.165) is 34.0 Å². The normalized spacial score (nSPS) is 19.9. The van der Waals surface area contributed by atoms with Gasteiger partial charge in [-0.25, -0.2) is 24.6 Å². The van der Waals surface area contributed by atoms with Crippen LogP contribution < -0.4 is 19.9 Å². The number of thioether (sulfide) groups is 1. The Morgan fingerprint density at radius 2 is 1.47 bits per heavy atom. The van der Waals surface area contributed by atoms with Gasteiger partial charge in [-0.15, -0.1) is 0 Å². The third-order valence-corrected chi connectivity index (χ3v) is 13.9. The fourth-order valence-corrected chi connectivity index (χ4v) is 9.63. The SMILES string of the molecule is COc1ccc(C(Nc2ncnc3c2ncn3[C@@H]2O[C@H](COP(=O)(NCc3ccccc3)OCCSC(=O)C(C)(C)CO)[C@H](O)C2(C)O)(c2ccccc2)c2ccc(OC)cc2)cc1. The van der Waals surface area contributed by atoms with Crippen LogP contribution in [-0.4, -0.2) is 97.6 Å². The number of carbonyl (C=O) groups is 1. The molecule has 18 heteroatoms. The van der Waals surface area contributed by atoms with Crippen molar-refractivity contribution in [3.05, 3.63) is 144 Å². The molecule has 0 radical (unpaired) electrons. The number of nitrogens with one attached hydrogen (secondary N) is 2. The molecular formula is C46H53N6O10PS. The molecule has 5 atom stereocenters. The standard InChI is InChI=1S/C46H53N6O10PS/c1-44(2,28-53)43(55)64-25-24-60-63(57,50-26-31-12-8-6-9-13-31)61-27-37-39(54)45(3,56)42(62-37)52-30-49-38-40(47-29-48-41(38)52)51-46(32-14-10-7-11-15-32,33-16-20-35(58-4)21-17-33)34-18-22-36(59-5)23-19-34/h6-23,29-30,37,39,42,53-54,56H,24-28H2,1-5H3,(H,50,57)(H,47,48,51)/t37-,39+,42-,45?,63?/m1/s1. The number of aromatic nitrogens is 4. The number of ether oxygens (including phenoxy) is 3. The van der Waals surface area contributed by atoms with Gasteiger partial charge in [-0.1, -0.05) is 96.7 Å². The van der Waals surface area contributed by atoms with Crippen molar-refractivity contribution in [2.24, 2.45) is 5.41 Å². The van der Waals surface area contributed by atoms with Gasteiger partial charge < -0.3 is 34.8 Å². The molecule has 64 heavy (non-hydrogen) atoms. The van der Waals surface area contributed by atoms with Crippen LogP contribution >= 0.6 is 19.5 Å². The zero-order chi connectivity index (χ0) is 45.5. The lowest BCUT2D eigenvalue weighted by Gasteiger charge is -2.37. The van der Waals surface area contributed by atoms with Crippen molar-refractivity contribution in [1.29, 1.82) is 0 Å². The number of hydrogen-bond acceptors (Lipinski definition) is 15. The largest absolute Gasteiger partial charge is 0.497 e. The number of nitrogens with zero attached hydrogens (tertiary/aromatic N) is 4. The Labute approximate surface area is 375 Å². The lowest BCUT2D eigenvalue weighted by atomic mass is 9.77. The lowest BCUT2D eigenvalue weighted by Crippen LogP contribution is -2.44. The Morgan fingerprint density at radius 1 is 0.875 bits per heavy atom. The van der Waals surface area contributed by atoms with Gasteiger partial charge in [0.15, 0.2) is 28.3 Å². The Balaban J connectivity index is 1.17. The molecule has 7 rings (SSSR count). The van der Waals surface area contributed by atoms with E-state index in [1.165, 1.54) is 24.1 Å². The fraction of sp³-hybridized carbons (Fsp3) is 0.348. The second kappa shape index (κ2) is 19.9. The van der Waals surface area contributed by atoms with Gasteiger partial charge in [0.05, 0.1) is 45.8 Å². The first-order chi connectivity index (χ1) is 30.7. The molecule has 0 amide bonds. The molecule has 338 valence electrons. The number of fused-ring (bicyclic) bond motifs is 1. The van der Waals surface area contributed by atoms with Gasteiger partial charge in [-0.3, -0.25) is 18.4 Å². The summed E-state index contributed by atoms with van der Waals surface area (Å²) in [6, 6.07) is 34.6. The van der Waals surface area contributed by atoms with Crippen molar-refractivity contribution < 1.29 is 47.9 Å². The summed E-state index contributed by atoms with van der Waals surface area (Å²) in [5.74, 6) is 1.87. The van der Waals surface area contributed by atoms with E-state index in [0.29, 0.717) is 22.8 Å². The van der Waals surface area contributed by atoms with Crippen molar-refractivity contribution in [3.63, 3.8) is 0 Å². The summed E-state index contributed by atoms with van der Waals surface area (Å²) >= 11 is 0.950. The molecule has 0 bridgehead atoms. The highest BCUT2D eigenvalue weighted by Gasteiger charge is 2.54. The number of imidazole rings is 1. The topological polar surface area (TPSA) is 209 Å². The Morgan fingerprint density at radius 3 is 2.06 bits per heavy atom.